The normalized spacial score (nSPS) is 10.8. The largest absolute Gasteiger partial charge is 0.436 e. The molecule has 0 atom stereocenters. The van der Waals surface area contributed by atoms with Crippen LogP contribution in [0.2, 0.25) is 0 Å². The molecule has 0 bridgehead atoms. The van der Waals surface area contributed by atoms with Crippen molar-refractivity contribution in [3.05, 3.63) is 80.9 Å². The Balaban J connectivity index is 1.52. The highest BCUT2D eigenvalue weighted by atomic mass is 127. The lowest BCUT2D eigenvalue weighted by molar-refractivity contribution is 0.0977. The molecule has 0 spiro atoms. The average molecular weight is 527 g/mol. The molecule has 0 fully saturated rings. The minimum absolute atomic E-state index is 0.223. The van der Waals surface area contributed by atoms with Gasteiger partial charge in [0, 0.05) is 14.8 Å². The Morgan fingerprint density at radius 3 is 2.67 bits per heavy atom. The molecule has 2 N–H and O–H groups in total. The molecule has 1 aromatic heterocycles. The Labute approximate surface area is 193 Å². The highest BCUT2D eigenvalue weighted by molar-refractivity contribution is 14.1. The molecule has 1 heterocycles. The van der Waals surface area contributed by atoms with E-state index in [9.17, 15) is 4.79 Å². The maximum absolute atomic E-state index is 12.4. The van der Waals surface area contributed by atoms with E-state index in [4.69, 9.17) is 16.6 Å². The van der Waals surface area contributed by atoms with Crippen LogP contribution in [-0.4, -0.2) is 16.0 Å². The van der Waals surface area contributed by atoms with Crippen LogP contribution in [0.1, 0.15) is 21.5 Å². The van der Waals surface area contributed by atoms with Gasteiger partial charge < -0.3 is 9.73 Å². The molecule has 0 radical (unpaired) electrons. The van der Waals surface area contributed by atoms with Gasteiger partial charge in [0.2, 0.25) is 5.89 Å². The van der Waals surface area contributed by atoms with Crippen molar-refractivity contribution >= 4 is 62.6 Å². The number of hydrogen-bond acceptors (Lipinski definition) is 4. The zero-order valence-electron chi connectivity index (χ0n) is 16.3. The molecule has 0 aliphatic carbocycles. The quantitative estimate of drug-likeness (QED) is 0.259. The van der Waals surface area contributed by atoms with Crippen LogP contribution in [0.3, 0.4) is 0 Å². The number of nitrogens with zero attached hydrogens (tertiary/aromatic N) is 1. The molecule has 150 valence electrons. The molecule has 0 unspecified atom stereocenters. The summed E-state index contributed by atoms with van der Waals surface area (Å²) in [7, 11) is 0. The van der Waals surface area contributed by atoms with Crippen molar-refractivity contribution < 1.29 is 9.21 Å². The van der Waals surface area contributed by atoms with Gasteiger partial charge in [-0.1, -0.05) is 24.3 Å². The van der Waals surface area contributed by atoms with Gasteiger partial charge in [-0.25, -0.2) is 4.98 Å². The zero-order chi connectivity index (χ0) is 21.3. The number of hydrogen-bond donors (Lipinski definition) is 2. The Hall–Kier alpha value is -2.78. The number of benzene rings is 3. The van der Waals surface area contributed by atoms with Crippen molar-refractivity contribution in [1.82, 2.24) is 10.3 Å². The number of anilines is 1. The van der Waals surface area contributed by atoms with Gasteiger partial charge in [-0.15, -0.1) is 0 Å². The van der Waals surface area contributed by atoms with E-state index >= 15 is 0 Å². The maximum atomic E-state index is 12.4. The summed E-state index contributed by atoms with van der Waals surface area (Å²) in [4.78, 5) is 17.1. The first-order chi connectivity index (χ1) is 14.4. The van der Waals surface area contributed by atoms with Crippen LogP contribution in [0, 0.1) is 17.4 Å². The smallest absolute Gasteiger partial charge is 0.258 e. The fraction of sp³-hybridized carbons (Fsp3) is 0.0870. The number of nitrogens with one attached hydrogen (secondary N) is 2. The number of aromatic nitrogens is 1. The van der Waals surface area contributed by atoms with Crippen LogP contribution < -0.4 is 10.6 Å². The van der Waals surface area contributed by atoms with Crippen LogP contribution in [0.25, 0.3) is 22.6 Å². The lowest BCUT2D eigenvalue weighted by Gasteiger charge is -2.11. The van der Waals surface area contributed by atoms with E-state index in [1.807, 2.05) is 62.4 Å². The fourth-order valence-electron chi connectivity index (χ4n) is 3.21. The van der Waals surface area contributed by atoms with Gasteiger partial charge >= 0.3 is 0 Å². The minimum Gasteiger partial charge on any atom is -0.436 e. The molecule has 0 aliphatic rings. The van der Waals surface area contributed by atoms with Gasteiger partial charge in [0.1, 0.15) is 5.52 Å². The molecular weight excluding hydrogens is 509 g/mol. The van der Waals surface area contributed by atoms with E-state index in [0.717, 1.165) is 37.0 Å². The van der Waals surface area contributed by atoms with Gasteiger partial charge in [-0.2, -0.15) is 0 Å². The first-order valence-electron chi connectivity index (χ1n) is 9.26. The van der Waals surface area contributed by atoms with E-state index < -0.39 is 0 Å². The summed E-state index contributed by atoms with van der Waals surface area (Å²) in [6, 6.07) is 19.0. The maximum Gasteiger partial charge on any atom is 0.258 e. The SMILES string of the molecule is Cc1cc(C)c2oc(-c3cccc(NC(=S)NC(=O)c4ccccc4I)c3)nc2c1. The number of aryl methyl sites for hydroxylation is 2. The third kappa shape index (κ3) is 4.36. The number of fused-ring (bicyclic) bond motifs is 1. The summed E-state index contributed by atoms with van der Waals surface area (Å²) in [5.74, 6) is 0.287. The van der Waals surface area contributed by atoms with E-state index in [1.165, 1.54) is 0 Å². The topological polar surface area (TPSA) is 67.2 Å². The van der Waals surface area contributed by atoms with Gasteiger partial charge in [-0.3, -0.25) is 10.1 Å². The van der Waals surface area contributed by atoms with Crippen molar-refractivity contribution in [2.45, 2.75) is 13.8 Å². The van der Waals surface area contributed by atoms with E-state index in [1.54, 1.807) is 6.07 Å². The van der Waals surface area contributed by atoms with Crippen molar-refractivity contribution in [2.75, 3.05) is 5.32 Å². The van der Waals surface area contributed by atoms with Crippen molar-refractivity contribution in [3.63, 3.8) is 0 Å². The second kappa shape index (κ2) is 8.53. The monoisotopic (exact) mass is 527 g/mol. The van der Waals surface area contributed by atoms with Crippen molar-refractivity contribution in [1.29, 1.82) is 0 Å². The lowest BCUT2D eigenvalue weighted by atomic mass is 10.1. The molecule has 4 aromatic rings. The molecule has 5 nitrogen and oxygen atoms in total. The zero-order valence-corrected chi connectivity index (χ0v) is 19.3. The summed E-state index contributed by atoms with van der Waals surface area (Å²) in [5, 5.41) is 5.99. The number of amides is 1. The second-order valence-corrected chi connectivity index (χ2v) is 8.49. The predicted octanol–water partition coefficient (Wildman–Crippen LogP) is 5.84. The molecule has 0 saturated heterocycles. The first-order valence-corrected chi connectivity index (χ1v) is 10.7. The third-order valence-electron chi connectivity index (χ3n) is 4.53. The van der Waals surface area contributed by atoms with Gasteiger partial charge in [0.25, 0.3) is 5.91 Å². The first kappa shape index (κ1) is 20.5. The Kier molecular flexibility index (Phi) is 5.83. The van der Waals surface area contributed by atoms with Gasteiger partial charge in [0.15, 0.2) is 10.7 Å². The predicted molar refractivity (Wildman–Crippen MR) is 132 cm³/mol. The highest BCUT2D eigenvalue weighted by Crippen LogP contribution is 2.28. The Bertz CT molecular complexity index is 1280. The molecule has 4 rings (SSSR count). The van der Waals surface area contributed by atoms with Crippen molar-refractivity contribution in [2.24, 2.45) is 0 Å². The summed E-state index contributed by atoms with van der Waals surface area (Å²) < 4.78 is 6.85. The Morgan fingerprint density at radius 2 is 1.87 bits per heavy atom. The van der Waals surface area contributed by atoms with Crippen LogP contribution in [0.4, 0.5) is 5.69 Å². The molecule has 30 heavy (non-hydrogen) atoms. The van der Waals surface area contributed by atoms with Crippen molar-refractivity contribution in [3.8, 4) is 11.5 Å². The number of carbonyl (C=O) groups excluding carboxylic acids is 1. The van der Waals surface area contributed by atoms with Gasteiger partial charge in [-0.05, 0) is 96.2 Å². The Morgan fingerprint density at radius 1 is 1.07 bits per heavy atom. The van der Waals surface area contributed by atoms with Crippen LogP contribution >= 0.6 is 34.8 Å². The lowest BCUT2D eigenvalue weighted by Crippen LogP contribution is -2.34. The molecule has 0 aliphatic heterocycles. The third-order valence-corrected chi connectivity index (χ3v) is 5.68. The summed E-state index contributed by atoms with van der Waals surface area (Å²) in [6.07, 6.45) is 0. The van der Waals surface area contributed by atoms with Crippen LogP contribution in [-0.2, 0) is 0 Å². The number of carbonyl (C=O) groups is 1. The summed E-state index contributed by atoms with van der Waals surface area (Å²) in [5.41, 5.74) is 5.95. The number of thiocarbonyl (C=S) groups is 1. The average Bonchev–Trinajstić information content (AvgIpc) is 3.13. The molecule has 1 amide bonds. The van der Waals surface area contributed by atoms with E-state index in [2.05, 4.69) is 44.3 Å². The molecule has 0 saturated carbocycles. The second-order valence-electron chi connectivity index (χ2n) is 6.92. The standard InChI is InChI=1S/C23H18IN3O2S/c1-13-10-14(2)20-19(11-13)26-22(29-20)15-6-5-7-16(12-15)25-23(30)27-21(28)17-8-3-4-9-18(17)24/h3-12H,1-2H3,(H2,25,27,28,30). The number of rotatable bonds is 3. The highest BCUT2D eigenvalue weighted by Gasteiger charge is 2.13. The van der Waals surface area contributed by atoms with Crippen LogP contribution in [0.5, 0.6) is 0 Å². The van der Waals surface area contributed by atoms with Crippen LogP contribution in [0.15, 0.2) is 65.1 Å². The fourth-order valence-corrected chi connectivity index (χ4v) is 4.05. The molecule has 7 heteroatoms. The van der Waals surface area contributed by atoms with E-state index in [-0.39, 0.29) is 11.0 Å². The van der Waals surface area contributed by atoms with E-state index in [0.29, 0.717) is 11.5 Å². The number of halogens is 1. The molecular formula is C23H18IN3O2S. The molecule has 3 aromatic carbocycles. The summed E-state index contributed by atoms with van der Waals surface area (Å²) >= 11 is 7.44. The summed E-state index contributed by atoms with van der Waals surface area (Å²) in [6.45, 7) is 4.05. The van der Waals surface area contributed by atoms with Gasteiger partial charge in [0.05, 0.1) is 5.56 Å². The number of oxazole rings is 1. The minimum atomic E-state index is -0.251.